The second-order valence-electron chi connectivity index (χ2n) is 7.92. The fraction of sp³-hybridized carbons (Fsp3) is 0.375. The maximum atomic E-state index is 13.0. The number of thioether (sulfide) groups is 1. The number of benzene rings is 2. The van der Waals surface area contributed by atoms with E-state index in [-0.39, 0.29) is 18.0 Å². The topological polar surface area (TPSA) is 60.2 Å². The van der Waals surface area contributed by atoms with E-state index in [0.29, 0.717) is 10.9 Å². The third-order valence-corrected chi connectivity index (χ3v) is 6.72. The zero-order chi connectivity index (χ0) is 21.8. The van der Waals surface area contributed by atoms with Crippen LogP contribution in [0.5, 0.6) is 5.75 Å². The van der Waals surface area contributed by atoms with E-state index < -0.39 is 0 Å². The summed E-state index contributed by atoms with van der Waals surface area (Å²) in [4.78, 5) is 15.1. The Balaban J connectivity index is 1.63. The van der Waals surface area contributed by atoms with Crippen LogP contribution in [-0.2, 0) is 4.79 Å². The minimum Gasteiger partial charge on any atom is -0.497 e. The smallest absolute Gasteiger partial charge is 0.233 e. The molecule has 1 amide bonds. The van der Waals surface area contributed by atoms with Crippen molar-refractivity contribution >= 4 is 17.7 Å². The molecule has 1 aliphatic heterocycles. The number of amides is 1. The van der Waals surface area contributed by atoms with Crippen LogP contribution in [0.2, 0.25) is 0 Å². The van der Waals surface area contributed by atoms with Gasteiger partial charge in [0.05, 0.1) is 12.9 Å². The zero-order valence-electron chi connectivity index (χ0n) is 18.2. The van der Waals surface area contributed by atoms with E-state index >= 15 is 0 Å². The van der Waals surface area contributed by atoms with Crippen LogP contribution in [0.25, 0.3) is 17.1 Å². The zero-order valence-corrected chi connectivity index (χ0v) is 19.0. The molecule has 1 aromatic heterocycles. The number of nitrogens with zero attached hydrogens (tertiary/aromatic N) is 4. The first kappa shape index (κ1) is 21.4. The lowest BCUT2D eigenvalue weighted by atomic mass is 9.98. The first-order valence-corrected chi connectivity index (χ1v) is 11.7. The van der Waals surface area contributed by atoms with Gasteiger partial charge in [0.2, 0.25) is 5.91 Å². The lowest BCUT2D eigenvalue weighted by molar-refractivity contribution is -0.134. The normalized spacial score (nSPS) is 18.7. The van der Waals surface area contributed by atoms with Gasteiger partial charge in [-0.05, 0) is 57.4 Å². The number of piperidine rings is 1. The van der Waals surface area contributed by atoms with Gasteiger partial charge in [-0.2, -0.15) is 0 Å². The van der Waals surface area contributed by atoms with Gasteiger partial charge in [-0.3, -0.25) is 9.36 Å². The molecule has 0 saturated carbocycles. The lowest BCUT2D eigenvalue weighted by Gasteiger charge is -2.39. The predicted octanol–water partition coefficient (Wildman–Crippen LogP) is 4.82. The Morgan fingerprint density at radius 1 is 1.03 bits per heavy atom. The Morgan fingerprint density at radius 2 is 1.71 bits per heavy atom. The van der Waals surface area contributed by atoms with Crippen LogP contribution < -0.4 is 4.74 Å². The average molecular weight is 437 g/mol. The molecule has 7 heteroatoms. The van der Waals surface area contributed by atoms with Gasteiger partial charge in [0.15, 0.2) is 11.0 Å². The van der Waals surface area contributed by atoms with Crippen LogP contribution in [0, 0.1) is 0 Å². The first-order valence-electron chi connectivity index (χ1n) is 10.7. The second kappa shape index (κ2) is 9.56. The van der Waals surface area contributed by atoms with E-state index in [1.165, 1.54) is 18.2 Å². The summed E-state index contributed by atoms with van der Waals surface area (Å²) in [6.07, 6.45) is 3.33. The molecule has 2 aromatic carbocycles. The van der Waals surface area contributed by atoms with Crippen molar-refractivity contribution in [2.45, 2.75) is 50.4 Å². The van der Waals surface area contributed by atoms with Gasteiger partial charge in [-0.1, -0.05) is 42.1 Å². The number of methoxy groups -OCH3 is 1. The monoisotopic (exact) mass is 436 g/mol. The number of likely N-dealkylation sites (tertiary alicyclic amines) is 1. The molecule has 162 valence electrons. The van der Waals surface area contributed by atoms with Gasteiger partial charge < -0.3 is 9.64 Å². The summed E-state index contributed by atoms with van der Waals surface area (Å²) in [5.41, 5.74) is 1.90. The number of carbonyl (C=O) groups is 1. The van der Waals surface area contributed by atoms with Crippen molar-refractivity contribution < 1.29 is 9.53 Å². The van der Waals surface area contributed by atoms with Crippen molar-refractivity contribution in [3.05, 3.63) is 54.6 Å². The van der Waals surface area contributed by atoms with Gasteiger partial charge in [0.25, 0.3) is 0 Å². The molecule has 6 nitrogen and oxygen atoms in total. The molecule has 0 radical (unpaired) electrons. The molecule has 0 spiro atoms. The molecule has 0 N–H and O–H groups in total. The highest BCUT2D eigenvalue weighted by molar-refractivity contribution is 7.99. The Kier molecular flexibility index (Phi) is 6.61. The van der Waals surface area contributed by atoms with E-state index in [4.69, 9.17) is 4.74 Å². The third-order valence-electron chi connectivity index (χ3n) is 5.80. The van der Waals surface area contributed by atoms with Crippen molar-refractivity contribution in [3.8, 4) is 22.8 Å². The fourth-order valence-corrected chi connectivity index (χ4v) is 5.04. The Bertz CT molecular complexity index is 1010. The molecular weight excluding hydrogens is 408 g/mol. The van der Waals surface area contributed by atoms with Gasteiger partial charge in [0.1, 0.15) is 5.75 Å². The van der Waals surface area contributed by atoms with Crippen LogP contribution in [0.1, 0.15) is 33.1 Å². The highest BCUT2D eigenvalue weighted by Gasteiger charge is 2.29. The van der Waals surface area contributed by atoms with Crippen LogP contribution >= 0.6 is 11.8 Å². The highest BCUT2D eigenvalue weighted by atomic mass is 32.2. The van der Waals surface area contributed by atoms with E-state index in [9.17, 15) is 4.79 Å². The van der Waals surface area contributed by atoms with Gasteiger partial charge in [-0.15, -0.1) is 10.2 Å². The first-order chi connectivity index (χ1) is 15.1. The number of hydrogen-bond donors (Lipinski definition) is 0. The molecule has 2 atom stereocenters. The predicted molar refractivity (Wildman–Crippen MR) is 124 cm³/mol. The molecule has 3 aromatic rings. The molecule has 1 saturated heterocycles. The Hall–Kier alpha value is -2.80. The van der Waals surface area contributed by atoms with Crippen LogP contribution in [-0.4, -0.2) is 50.5 Å². The van der Waals surface area contributed by atoms with Crippen molar-refractivity contribution in [2.24, 2.45) is 0 Å². The van der Waals surface area contributed by atoms with E-state index in [1.54, 1.807) is 7.11 Å². The van der Waals surface area contributed by atoms with Crippen molar-refractivity contribution in [2.75, 3.05) is 12.9 Å². The molecule has 4 rings (SSSR count). The second-order valence-corrected chi connectivity index (χ2v) is 8.87. The number of aromatic nitrogens is 3. The number of hydrogen-bond acceptors (Lipinski definition) is 5. The minimum absolute atomic E-state index is 0.162. The van der Waals surface area contributed by atoms with E-state index in [0.717, 1.165) is 35.7 Å². The molecule has 0 unspecified atom stereocenters. The van der Waals surface area contributed by atoms with Crippen LogP contribution in [0.3, 0.4) is 0 Å². The van der Waals surface area contributed by atoms with Crippen LogP contribution in [0.15, 0.2) is 59.8 Å². The third kappa shape index (κ3) is 4.61. The van der Waals surface area contributed by atoms with Crippen LogP contribution in [0.4, 0.5) is 0 Å². The number of ether oxygens (including phenoxy) is 1. The van der Waals surface area contributed by atoms with Crippen molar-refractivity contribution in [1.82, 2.24) is 19.7 Å². The average Bonchev–Trinajstić information content (AvgIpc) is 3.22. The molecule has 31 heavy (non-hydrogen) atoms. The summed E-state index contributed by atoms with van der Waals surface area (Å²) in [5.74, 6) is 2.05. The van der Waals surface area contributed by atoms with E-state index in [1.807, 2.05) is 64.1 Å². The van der Waals surface area contributed by atoms with Crippen molar-refractivity contribution in [1.29, 1.82) is 0 Å². The quantitative estimate of drug-likeness (QED) is 0.518. The molecule has 0 aliphatic carbocycles. The summed E-state index contributed by atoms with van der Waals surface area (Å²) in [7, 11) is 1.65. The summed E-state index contributed by atoms with van der Waals surface area (Å²) >= 11 is 1.44. The molecule has 1 aliphatic rings. The van der Waals surface area contributed by atoms with Gasteiger partial charge in [0, 0.05) is 23.3 Å². The maximum Gasteiger partial charge on any atom is 0.233 e. The largest absolute Gasteiger partial charge is 0.497 e. The SMILES string of the molecule is COc1ccc(-n2c(SCC(=O)N3[C@@H](C)CCC[C@@H]3C)nnc2-c2ccccc2)cc1. The molecular formula is C24H28N4O2S. The molecule has 1 fully saturated rings. The molecule has 0 bridgehead atoms. The standard InChI is InChI=1S/C24H28N4O2S/c1-17-8-7-9-18(2)27(17)22(29)16-31-24-26-25-23(19-10-5-4-6-11-19)28(24)20-12-14-21(30-3)15-13-20/h4-6,10-15,17-18H,7-9,16H2,1-3H3/t17-,18-/m0/s1. The number of rotatable bonds is 6. The Morgan fingerprint density at radius 3 is 2.35 bits per heavy atom. The highest BCUT2D eigenvalue weighted by Crippen LogP contribution is 2.30. The van der Waals surface area contributed by atoms with Gasteiger partial charge >= 0.3 is 0 Å². The fourth-order valence-electron chi connectivity index (χ4n) is 4.22. The summed E-state index contributed by atoms with van der Waals surface area (Å²) in [5, 5.41) is 9.61. The maximum absolute atomic E-state index is 13.0. The Labute approximate surface area is 187 Å². The summed E-state index contributed by atoms with van der Waals surface area (Å²) in [6, 6.07) is 18.4. The van der Waals surface area contributed by atoms with Gasteiger partial charge in [-0.25, -0.2) is 0 Å². The summed E-state index contributed by atoms with van der Waals surface area (Å²) in [6.45, 7) is 4.29. The minimum atomic E-state index is 0.162. The van der Waals surface area contributed by atoms with E-state index in [2.05, 4.69) is 24.0 Å². The lowest BCUT2D eigenvalue weighted by Crippen LogP contribution is -2.48. The summed E-state index contributed by atoms with van der Waals surface area (Å²) < 4.78 is 7.31. The molecule has 2 heterocycles. The number of carbonyl (C=O) groups excluding carboxylic acids is 1. The van der Waals surface area contributed by atoms with Crippen molar-refractivity contribution in [3.63, 3.8) is 0 Å².